The summed E-state index contributed by atoms with van der Waals surface area (Å²) < 4.78 is 9.99. The summed E-state index contributed by atoms with van der Waals surface area (Å²) in [5, 5.41) is 3.37. The minimum Gasteiger partial charge on any atom is -0.468 e. The van der Waals surface area contributed by atoms with E-state index in [1.165, 1.54) is 7.11 Å². The van der Waals surface area contributed by atoms with Gasteiger partial charge in [-0.15, -0.1) is 0 Å². The lowest BCUT2D eigenvalue weighted by Crippen LogP contribution is -2.52. The topological polar surface area (TPSA) is 67.9 Å². The van der Waals surface area contributed by atoms with E-state index >= 15 is 0 Å². The monoisotopic (exact) mass is 312 g/mol. The first-order chi connectivity index (χ1) is 10.1. The van der Waals surface area contributed by atoms with Gasteiger partial charge in [-0.1, -0.05) is 11.6 Å². The maximum absolute atomic E-state index is 12.0. The molecule has 1 amide bonds. The van der Waals surface area contributed by atoms with Crippen LogP contribution in [0, 0.1) is 0 Å². The molecule has 1 fully saturated rings. The maximum atomic E-state index is 12.0. The minimum atomic E-state index is -0.542. The first kappa shape index (κ1) is 15.8. The van der Waals surface area contributed by atoms with E-state index in [4.69, 9.17) is 21.1 Å². The summed E-state index contributed by atoms with van der Waals surface area (Å²) in [6.45, 7) is 1.34. The van der Waals surface area contributed by atoms with Gasteiger partial charge in [0.05, 0.1) is 26.9 Å². The Balaban J connectivity index is 1.93. The quantitative estimate of drug-likeness (QED) is 0.845. The van der Waals surface area contributed by atoms with E-state index in [1.807, 2.05) is 0 Å². The van der Waals surface area contributed by atoms with Crippen molar-refractivity contribution >= 4 is 29.2 Å². The second-order valence-electron chi connectivity index (χ2n) is 4.64. The zero-order valence-corrected chi connectivity index (χ0v) is 12.4. The Bertz CT molecular complexity index is 506. The highest BCUT2D eigenvalue weighted by Gasteiger charge is 2.31. The number of carbonyl (C=O) groups excluding carboxylic acids is 2. The number of benzene rings is 1. The molecule has 1 atom stereocenters. The number of hydrogen-bond donors (Lipinski definition) is 1. The van der Waals surface area contributed by atoms with E-state index in [9.17, 15) is 9.59 Å². The maximum Gasteiger partial charge on any atom is 0.325 e. The third kappa shape index (κ3) is 4.42. The molecule has 0 spiro atoms. The molecule has 7 heteroatoms. The number of anilines is 1. The Morgan fingerprint density at radius 2 is 2.14 bits per heavy atom. The smallest absolute Gasteiger partial charge is 0.325 e. The number of carbonyl (C=O) groups is 2. The van der Waals surface area contributed by atoms with Crippen molar-refractivity contribution < 1.29 is 19.1 Å². The molecule has 1 heterocycles. The zero-order valence-electron chi connectivity index (χ0n) is 11.7. The number of ether oxygens (including phenoxy) is 2. The van der Waals surface area contributed by atoms with E-state index in [2.05, 4.69) is 5.32 Å². The number of amides is 1. The van der Waals surface area contributed by atoms with Crippen LogP contribution in [0.25, 0.3) is 0 Å². The summed E-state index contributed by atoms with van der Waals surface area (Å²) in [4.78, 5) is 25.5. The number of morpholine rings is 1. The van der Waals surface area contributed by atoms with Gasteiger partial charge in [0, 0.05) is 17.3 Å². The fraction of sp³-hybridized carbons (Fsp3) is 0.429. The molecule has 1 saturated heterocycles. The number of nitrogens with zero attached hydrogens (tertiary/aromatic N) is 1. The number of rotatable bonds is 4. The molecule has 1 unspecified atom stereocenters. The van der Waals surface area contributed by atoms with Gasteiger partial charge in [0.1, 0.15) is 6.04 Å². The van der Waals surface area contributed by atoms with Crippen molar-refractivity contribution in [1.29, 1.82) is 0 Å². The third-order valence-corrected chi connectivity index (χ3v) is 3.44. The van der Waals surface area contributed by atoms with Crippen LogP contribution in [0.1, 0.15) is 0 Å². The number of methoxy groups -OCH3 is 1. The molecule has 1 aromatic carbocycles. The van der Waals surface area contributed by atoms with Crippen LogP contribution in [0.4, 0.5) is 5.69 Å². The highest BCUT2D eigenvalue weighted by Crippen LogP contribution is 2.14. The lowest BCUT2D eigenvalue weighted by atomic mass is 10.2. The Kier molecular flexibility index (Phi) is 5.55. The lowest BCUT2D eigenvalue weighted by molar-refractivity contribution is -0.153. The average molecular weight is 313 g/mol. The van der Waals surface area contributed by atoms with E-state index < -0.39 is 12.0 Å². The normalized spacial score (nSPS) is 19.0. The van der Waals surface area contributed by atoms with Gasteiger partial charge in [-0.25, -0.2) is 0 Å². The molecule has 0 radical (unpaired) electrons. The van der Waals surface area contributed by atoms with Gasteiger partial charge in [0.2, 0.25) is 5.91 Å². The zero-order chi connectivity index (χ0) is 15.2. The van der Waals surface area contributed by atoms with Crippen LogP contribution in [-0.2, 0) is 19.1 Å². The van der Waals surface area contributed by atoms with Crippen molar-refractivity contribution in [2.75, 3.05) is 38.7 Å². The Labute approximate surface area is 128 Å². The number of hydrogen-bond acceptors (Lipinski definition) is 5. The molecule has 114 valence electrons. The van der Waals surface area contributed by atoms with E-state index in [-0.39, 0.29) is 19.1 Å². The summed E-state index contributed by atoms with van der Waals surface area (Å²) >= 11 is 5.79. The summed E-state index contributed by atoms with van der Waals surface area (Å²) in [6, 6.07) is 6.29. The van der Waals surface area contributed by atoms with Gasteiger partial charge in [-0.2, -0.15) is 0 Å². The minimum absolute atomic E-state index is 0.103. The number of nitrogens with one attached hydrogen (secondary N) is 1. The molecule has 1 aromatic rings. The lowest BCUT2D eigenvalue weighted by Gasteiger charge is -2.32. The predicted octanol–water partition coefficient (Wildman–Crippen LogP) is 1.15. The van der Waals surface area contributed by atoms with Crippen molar-refractivity contribution in [1.82, 2.24) is 4.90 Å². The van der Waals surface area contributed by atoms with Crippen molar-refractivity contribution in [3.05, 3.63) is 29.3 Å². The molecule has 1 N–H and O–H groups in total. The Morgan fingerprint density at radius 3 is 2.81 bits per heavy atom. The van der Waals surface area contributed by atoms with Gasteiger partial charge in [0.25, 0.3) is 0 Å². The van der Waals surface area contributed by atoms with E-state index in [0.717, 1.165) is 0 Å². The third-order valence-electron chi connectivity index (χ3n) is 3.19. The standard InChI is InChI=1S/C14H17ClN2O4/c1-20-14(19)12-9-21-7-6-17(12)8-13(18)16-11-4-2-10(15)3-5-11/h2-5,12H,6-9H2,1H3,(H,16,18). The predicted molar refractivity (Wildman–Crippen MR) is 78.3 cm³/mol. The van der Waals surface area contributed by atoms with Crippen LogP contribution < -0.4 is 5.32 Å². The molecule has 6 nitrogen and oxygen atoms in total. The number of esters is 1. The van der Waals surface area contributed by atoms with Crippen LogP contribution in [0.15, 0.2) is 24.3 Å². The fourth-order valence-electron chi connectivity index (χ4n) is 2.10. The average Bonchev–Trinajstić information content (AvgIpc) is 2.49. The van der Waals surface area contributed by atoms with Crippen LogP contribution >= 0.6 is 11.6 Å². The summed E-state index contributed by atoms with van der Waals surface area (Å²) in [7, 11) is 1.32. The summed E-state index contributed by atoms with van der Waals surface area (Å²) in [5.41, 5.74) is 0.660. The first-order valence-electron chi connectivity index (χ1n) is 6.55. The van der Waals surface area contributed by atoms with Crippen LogP contribution in [0.5, 0.6) is 0 Å². The molecular formula is C14H17ClN2O4. The van der Waals surface area contributed by atoms with E-state index in [1.54, 1.807) is 29.2 Å². The Morgan fingerprint density at radius 1 is 1.43 bits per heavy atom. The molecule has 1 aliphatic heterocycles. The van der Waals surface area contributed by atoms with Crippen molar-refractivity contribution in [2.45, 2.75) is 6.04 Å². The van der Waals surface area contributed by atoms with Crippen molar-refractivity contribution in [2.24, 2.45) is 0 Å². The second-order valence-corrected chi connectivity index (χ2v) is 5.08. The van der Waals surface area contributed by atoms with E-state index in [0.29, 0.717) is 23.9 Å². The van der Waals surface area contributed by atoms with Gasteiger partial charge in [0.15, 0.2) is 0 Å². The molecule has 0 aromatic heterocycles. The van der Waals surface area contributed by atoms with Gasteiger partial charge >= 0.3 is 5.97 Å². The molecule has 1 aliphatic rings. The summed E-state index contributed by atoms with van der Waals surface area (Å²) in [6.07, 6.45) is 0. The van der Waals surface area contributed by atoms with Crippen LogP contribution in [-0.4, -0.2) is 56.2 Å². The SMILES string of the molecule is COC(=O)C1COCCN1CC(=O)Nc1ccc(Cl)cc1. The molecule has 2 rings (SSSR count). The highest BCUT2D eigenvalue weighted by atomic mass is 35.5. The second kappa shape index (κ2) is 7.40. The largest absolute Gasteiger partial charge is 0.468 e. The molecule has 0 aliphatic carbocycles. The molecule has 0 bridgehead atoms. The van der Waals surface area contributed by atoms with Gasteiger partial charge < -0.3 is 14.8 Å². The molecular weight excluding hydrogens is 296 g/mol. The van der Waals surface area contributed by atoms with Gasteiger partial charge in [-0.3, -0.25) is 14.5 Å². The van der Waals surface area contributed by atoms with Gasteiger partial charge in [-0.05, 0) is 24.3 Å². The summed E-state index contributed by atoms with van der Waals surface area (Å²) in [5.74, 6) is -0.595. The van der Waals surface area contributed by atoms with Crippen LogP contribution in [0.2, 0.25) is 5.02 Å². The van der Waals surface area contributed by atoms with Crippen molar-refractivity contribution in [3.8, 4) is 0 Å². The molecule has 0 saturated carbocycles. The van der Waals surface area contributed by atoms with Crippen LogP contribution in [0.3, 0.4) is 0 Å². The van der Waals surface area contributed by atoms with Crippen molar-refractivity contribution in [3.63, 3.8) is 0 Å². The molecule has 21 heavy (non-hydrogen) atoms. The first-order valence-corrected chi connectivity index (χ1v) is 6.93. The number of halogens is 1. The fourth-order valence-corrected chi connectivity index (χ4v) is 2.22. The highest BCUT2D eigenvalue weighted by molar-refractivity contribution is 6.30. The Hall–Kier alpha value is -1.63.